The van der Waals surface area contributed by atoms with Crippen molar-refractivity contribution >= 4 is 21.6 Å². The van der Waals surface area contributed by atoms with E-state index in [1.54, 1.807) is 37.3 Å². The van der Waals surface area contributed by atoms with Crippen molar-refractivity contribution in [3.8, 4) is 12.3 Å². The topological polar surface area (TPSA) is 75.3 Å². The van der Waals surface area contributed by atoms with E-state index in [1.165, 1.54) is 18.2 Å². The zero-order valence-corrected chi connectivity index (χ0v) is 16.6. The first-order valence-electron chi connectivity index (χ1n) is 8.94. The van der Waals surface area contributed by atoms with Crippen molar-refractivity contribution in [2.24, 2.45) is 0 Å². The van der Waals surface area contributed by atoms with Crippen LogP contribution in [0.3, 0.4) is 0 Å². The Morgan fingerprint density at radius 2 is 1.69 bits per heavy atom. The lowest BCUT2D eigenvalue weighted by atomic mass is 10.1. The molecule has 0 spiro atoms. The molecule has 0 aliphatic heterocycles. The van der Waals surface area contributed by atoms with E-state index in [9.17, 15) is 13.2 Å². The summed E-state index contributed by atoms with van der Waals surface area (Å²) in [4.78, 5) is 12.6. The molecule has 29 heavy (non-hydrogen) atoms. The molecule has 2 N–H and O–H groups in total. The van der Waals surface area contributed by atoms with Gasteiger partial charge in [0.1, 0.15) is 0 Å². The molecular weight excluding hydrogens is 384 g/mol. The first-order valence-corrected chi connectivity index (χ1v) is 10.4. The fourth-order valence-corrected chi connectivity index (χ4v) is 4.08. The standard InChI is InChI=1S/C23H20N2O3S/c1-3-18-9-7-13-21(15-18)24-23(26)20-12-8-14-22(16-20)29(27,28)25-17(2)19-10-5-4-6-11-19/h1,4-17,25H,2H3,(H,24,26). The van der Waals surface area contributed by atoms with Crippen LogP contribution in [0.5, 0.6) is 0 Å². The Bertz CT molecular complexity index is 1170. The van der Waals surface area contributed by atoms with Crippen molar-refractivity contribution in [3.05, 3.63) is 95.6 Å². The lowest BCUT2D eigenvalue weighted by molar-refractivity contribution is 0.102. The molecule has 5 nitrogen and oxygen atoms in total. The first kappa shape index (κ1) is 20.3. The van der Waals surface area contributed by atoms with Gasteiger partial charge in [-0.15, -0.1) is 6.42 Å². The van der Waals surface area contributed by atoms with Gasteiger partial charge in [-0.05, 0) is 48.9 Å². The average Bonchev–Trinajstić information content (AvgIpc) is 2.74. The molecule has 0 radical (unpaired) electrons. The SMILES string of the molecule is C#Cc1cccc(NC(=O)c2cccc(S(=O)(=O)NC(C)c3ccccc3)c2)c1. The number of terminal acetylenes is 1. The Morgan fingerprint density at radius 3 is 2.41 bits per heavy atom. The number of sulfonamides is 1. The summed E-state index contributed by atoms with van der Waals surface area (Å²) < 4.78 is 28.2. The molecule has 0 aliphatic carbocycles. The number of carbonyl (C=O) groups is 1. The van der Waals surface area contributed by atoms with E-state index in [4.69, 9.17) is 6.42 Å². The van der Waals surface area contributed by atoms with E-state index >= 15 is 0 Å². The van der Waals surface area contributed by atoms with Crippen molar-refractivity contribution in [1.82, 2.24) is 4.72 Å². The third kappa shape index (κ3) is 5.11. The Labute approximate surface area is 170 Å². The monoisotopic (exact) mass is 404 g/mol. The van der Waals surface area contributed by atoms with Crippen LogP contribution in [0, 0.1) is 12.3 Å². The molecule has 3 rings (SSSR count). The van der Waals surface area contributed by atoms with Gasteiger partial charge in [-0.25, -0.2) is 13.1 Å². The van der Waals surface area contributed by atoms with Gasteiger partial charge in [-0.3, -0.25) is 4.79 Å². The highest BCUT2D eigenvalue weighted by Gasteiger charge is 2.19. The van der Waals surface area contributed by atoms with Gasteiger partial charge in [0.05, 0.1) is 4.90 Å². The molecule has 146 valence electrons. The third-order valence-electron chi connectivity index (χ3n) is 4.33. The van der Waals surface area contributed by atoms with Crippen molar-refractivity contribution in [2.45, 2.75) is 17.9 Å². The number of hydrogen-bond acceptors (Lipinski definition) is 3. The Kier molecular flexibility index (Phi) is 6.13. The normalized spacial score (nSPS) is 12.0. The number of rotatable bonds is 6. The minimum Gasteiger partial charge on any atom is -0.322 e. The molecular formula is C23H20N2O3S. The summed E-state index contributed by atoms with van der Waals surface area (Å²) in [6, 6.07) is 21.6. The molecule has 1 atom stereocenters. The lowest BCUT2D eigenvalue weighted by Crippen LogP contribution is -2.27. The second-order valence-corrected chi connectivity index (χ2v) is 8.17. The number of nitrogens with one attached hydrogen (secondary N) is 2. The number of amides is 1. The van der Waals surface area contributed by atoms with Gasteiger partial charge in [0.15, 0.2) is 0 Å². The van der Waals surface area contributed by atoms with Gasteiger partial charge >= 0.3 is 0 Å². The minimum absolute atomic E-state index is 0.0188. The molecule has 3 aromatic rings. The smallest absolute Gasteiger partial charge is 0.255 e. The molecule has 0 saturated heterocycles. The highest BCUT2D eigenvalue weighted by Crippen LogP contribution is 2.19. The maximum atomic E-state index is 12.8. The third-order valence-corrected chi connectivity index (χ3v) is 5.86. The molecule has 0 aromatic heterocycles. The van der Waals surface area contributed by atoms with Crippen molar-refractivity contribution in [3.63, 3.8) is 0 Å². The molecule has 0 aliphatic rings. The average molecular weight is 404 g/mol. The van der Waals surface area contributed by atoms with Crippen LogP contribution in [0.25, 0.3) is 0 Å². The van der Waals surface area contributed by atoms with Gasteiger partial charge in [-0.1, -0.05) is 48.4 Å². The second kappa shape index (κ2) is 8.74. The molecule has 0 heterocycles. The van der Waals surface area contributed by atoms with E-state index in [0.29, 0.717) is 11.3 Å². The highest BCUT2D eigenvalue weighted by atomic mass is 32.2. The summed E-state index contributed by atoms with van der Waals surface area (Å²) in [5.41, 5.74) is 2.25. The van der Waals surface area contributed by atoms with Crippen LogP contribution in [0.1, 0.15) is 34.5 Å². The molecule has 0 saturated carbocycles. The quantitative estimate of drug-likeness (QED) is 0.611. The van der Waals surface area contributed by atoms with Crippen molar-refractivity contribution in [2.75, 3.05) is 5.32 Å². The van der Waals surface area contributed by atoms with Crippen LogP contribution >= 0.6 is 0 Å². The van der Waals surface area contributed by atoms with E-state index in [0.717, 1.165) is 5.56 Å². The minimum atomic E-state index is -3.80. The van der Waals surface area contributed by atoms with Crippen molar-refractivity contribution < 1.29 is 13.2 Å². The predicted molar refractivity (Wildman–Crippen MR) is 114 cm³/mol. The van der Waals surface area contributed by atoms with Crippen LogP contribution < -0.4 is 10.0 Å². The van der Waals surface area contributed by atoms with E-state index in [1.807, 2.05) is 30.3 Å². The highest BCUT2D eigenvalue weighted by molar-refractivity contribution is 7.89. The molecule has 1 amide bonds. The summed E-state index contributed by atoms with van der Waals surface area (Å²) >= 11 is 0. The van der Waals surface area contributed by atoms with Crippen LogP contribution in [0.15, 0.2) is 83.8 Å². The largest absolute Gasteiger partial charge is 0.322 e. The van der Waals surface area contributed by atoms with Gasteiger partial charge in [0, 0.05) is 22.9 Å². The maximum Gasteiger partial charge on any atom is 0.255 e. The molecule has 1 unspecified atom stereocenters. The van der Waals surface area contributed by atoms with E-state index in [-0.39, 0.29) is 10.5 Å². The summed E-state index contributed by atoms with van der Waals surface area (Å²) in [6.07, 6.45) is 5.37. The second-order valence-electron chi connectivity index (χ2n) is 6.46. The Balaban J connectivity index is 1.79. The first-order chi connectivity index (χ1) is 13.9. The van der Waals surface area contributed by atoms with E-state index < -0.39 is 22.0 Å². The van der Waals surface area contributed by atoms with Crippen LogP contribution in [0.2, 0.25) is 0 Å². The Hall–Kier alpha value is -3.40. The molecule has 6 heteroatoms. The van der Waals surface area contributed by atoms with Crippen molar-refractivity contribution in [1.29, 1.82) is 0 Å². The maximum absolute atomic E-state index is 12.8. The van der Waals surface area contributed by atoms with Gasteiger partial charge in [-0.2, -0.15) is 0 Å². The van der Waals surface area contributed by atoms with Crippen LogP contribution in [-0.2, 0) is 10.0 Å². The molecule has 0 fully saturated rings. The van der Waals surface area contributed by atoms with E-state index in [2.05, 4.69) is 16.0 Å². The zero-order chi connectivity index (χ0) is 20.9. The summed E-state index contributed by atoms with van der Waals surface area (Å²) in [5.74, 6) is 2.08. The summed E-state index contributed by atoms with van der Waals surface area (Å²) in [6.45, 7) is 1.77. The predicted octanol–water partition coefficient (Wildman–Crippen LogP) is 3.96. The lowest BCUT2D eigenvalue weighted by Gasteiger charge is -2.15. The zero-order valence-electron chi connectivity index (χ0n) is 15.8. The Morgan fingerprint density at radius 1 is 0.966 bits per heavy atom. The molecule has 0 bridgehead atoms. The van der Waals surface area contributed by atoms with Gasteiger partial charge < -0.3 is 5.32 Å². The van der Waals surface area contributed by atoms with Crippen LogP contribution in [-0.4, -0.2) is 14.3 Å². The molecule has 3 aromatic carbocycles. The number of benzene rings is 3. The summed E-state index contributed by atoms with van der Waals surface area (Å²) in [7, 11) is -3.80. The fraction of sp³-hybridized carbons (Fsp3) is 0.0870. The van der Waals surface area contributed by atoms with Crippen LogP contribution in [0.4, 0.5) is 5.69 Å². The number of anilines is 1. The number of hydrogen-bond donors (Lipinski definition) is 2. The summed E-state index contributed by atoms with van der Waals surface area (Å²) in [5, 5.41) is 2.73. The van der Waals surface area contributed by atoms with Gasteiger partial charge in [0.2, 0.25) is 10.0 Å². The number of carbonyl (C=O) groups excluding carboxylic acids is 1. The fourth-order valence-electron chi connectivity index (χ4n) is 2.81. The van der Waals surface area contributed by atoms with Gasteiger partial charge in [0.25, 0.3) is 5.91 Å².